The van der Waals surface area contributed by atoms with Gasteiger partial charge in [0.05, 0.1) is 25.4 Å². The number of hydrogen-bond acceptors (Lipinski definition) is 5. The molecule has 3 rings (SSSR count). The van der Waals surface area contributed by atoms with Crippen LogP contribution in [0.25, 0.3) is 11.1 Å². The number of amides is 2. The Morgan fingerprint density at radius 1 is 0.875 bits per heavy atom. The van der Waals surface area contributed by atoms with Crippen molar-refractivity contribution in [2.45, 2.75) is 44.8 Å². The molecule has 0 saturated heterocycles. The molecule has 0 bridgehead atoms. The number of alkyl carbamates (subject to hydrolysis) is 1. The first kappa shape index (κ1) is 30.5. The number of anilines is 1. The number of ether oxygens (including phenoxy) is 2. The summed E-state index contributed by atoms with van der Waals surface area (Å²) in [6, 6.07) is 19.2. The van der Waals surface area contributed by atoms with Crippen LogP contribution in [0, 0.1) is 0 Å². The summed E-state index contributed by atoms with van der Waals surface area (Å²) in [5.74, 6) is -0.0160. The number of aliphatic hydroxyl groups excluding tert-OH is 1. The minimum Gasteiger partial charge on any atom is -0.493 e. The van der Waals surface area contributed by atoms with E-state index in [1.807, 2.05) is 31.2 Å². The van der Waals surface area contributed by atoms with E-state index < -0.39 is 35.9 Å². The third kappa shape index (κ3) is 8.74. The van der Waals surface area contributed by atoms with E-state index >= 15 is 0 Å². The average molecular weight is 559 g/mol. The molecule has 0 spiro atoms. The third-order valence-electron chi connectivity index (χ3n) is 6.20. The second-order valence-corrected chi connectivity index (χ2v) is 9.45. The van der Waals surface area contributed by atoms with Crippen molar-refractivity contribution >= 4 is 17.7 Å². The lowest BCUT2D eigenvalue weighted by atomic mass is 10.0. The van der Waals surface area contributed by atoms with Gasteiger partial charge in [-0.3, -0.25) is 4.79 Å². The third-order valence-corrected chi connectivity index (χ3v) is 6.20. The highest BCUT2D eigenvalue weighted by molar-refractivity contribution is 5.99. The highest BCUT2D eigenvalue weighted by atomic mass is 19.4. The smallest absolute Gasteiger partial charge is 0.416 e. The lowest BCUT2D eigenvalue weighted by molar-refractivity contribution is -0.137. The fraction of sp³-hybridized carbons (Fsp3) is 0.333. The molecule has 0 aliphatic rings. The Morgan fingerprint density at radius 3 is 2.02 bits per heavy atom. The van der Waals surface area contributed by atoms with E-state index in [0.717, 1.165) is 29.7 Å². The van der Waals surface area contributed by atoms with E-state index in [1.54, 1.807) is 24.3 Å². The van der Waals surface area contributed by atoms with Gasteiger partial charge < -0.3 is 25.2 Å². The number of rotatable bonds is 12. The highest BCUT2D eigenvalue weighted by Crippen LogP contribution is 2.31. The van der Waals surface area contributed by atoms with Crippen molar-refractivity contribution in [2.24, 2.45) is 0 Å². The number of nitrogens with one attached hydrogen (secondary N) is 2. The van der Waals surface area contributed by atoms with Gasteiger partial charge in [0, 0.05) is 12.1 Å². The zero-order valence-electron chi connectivity index (χ0n) is 22.4. The summed E-state index contributed by atoms with van der Waals surface area (Å²) >= 11 is 0. The zero-order valence-corrected chi connectivity index (χ0v) is 22.4. The first-order chi connectivity index (χ1) is 19.0. The predicted octanol–water partition coefficient (Wildman–Crippen LogP) is 6.21. The van der Waals surface area contributed by atoms with Gasteiger partial charge in [-0.1, -0.05) is 49.7 Å². The molecule has 0 aliphatic heterocycles. The number of benzene rings is 3. The Hall–Kier alpha value is -4.05. The molecule has 0 heterocycles. The van der Waals surface area contributed by atoms with Gasteiger partial charge in [0.2, 0.25) is 0 Å². The van der Waals surface area contributed by atoms with Gasteiger partial charge in [-0.25, -0.2) is 4.79 Å². The highest BCUT2D eigenvalue weighted by Gasteiger charge is 2.35. The standard InChI is InChI=1S/C30H33F3N2O5/c1-3-4-18-40-28(38)35-29(2,20-36)27(37)34-25-13-15-26(16-14-25)39-19-17-21-5-7-22(8-6-21)23-9-11-24(12-10-23)30(31,32)33/h5-16,36H,3-4,17-20H2,1-2H3,(H,34,37)(H,35,38)/t29-/m0/s1. The van der Waals surface area contributed by atoms with Crippen LogP contribution in [0.15, 0.2) is 72.8 Å². The Balaban J connectivity index is 1.47. The number of unbranched alkanes of at least 4 members (excludes halogenated alkanes) is 1. The van der Waals surface area contributed by atoms with Crippen LogP contribution in [0.1, 0.15) is 37.8 Å². The molecule has 0 aromatic heterocycles. The van der Waals surface area contributed by atoms with Gasteiger partial charge >= 0.3 is 12.3 Å². The number of carbonyl (C=O) groups excluding carboxylic acids is 2. The molecular formula is C30H33F3N2O5. The van der Waals surface area contributed by atoms with Crippen molar-refractivity contribution in [2.75, 3.05) is 25.1 Å². The number of halogens is 3. The first-order valence-corrected chi connectivity index (χ1v) is 12.9. The normalized spacial score (nSPS) is 12.8. The molecule has 3 aromatic rings. The average Bonchev–Trinajstić information content (AvgIpc) is 2.94. The molecule has 0 aliphatic carbocycles. The van der Waals surface area contributed by atoms with E-state index in [-0.39, 0.29) is 6.61 Å². The van der Waals surface area contributed by atoms with E-state index in [2.05, 4.69) is 10.6 Å². The van der Waals surface area contributed by atoms with Crippen LogP contribution >= 0.6 is 0 Å². The van der Waals surface area contributed by atoms with E-state index in [4.69, 9.17) is 9.47 Å². The summed E-state index contributed by atoms with van der Waals surface area (Å²) in [5, 5.41) is 14.8. The summed E-state index contributed by atoms with van der Waals surface area (Å²) in [6.45, 7) is 3.35. The minimum atomic E-state index is -4.36. The molecule has 0 radical (unpaired) electrons. The van der Waals surface area contributed by atoms with Gasteiger partial charge in [0.15, 0.2) is 0 Å². The summed E-state index contributed by atoms with van der Waals surface area (Å²) in [5.41, 5.74) is 0.726. The van der Waals surface area contributed by atoms with Crippen molar-refractivity contribution in [1.29, 1.82) is 0 Å². The second kappa shape index (κ2) is 13.8. The Morgan fingerprint density at radius 2 is 1.48 bits per heavy atom. The molecule has 0 unspecified atom stereocenters. The summed E-state index contributed by atoms with van der Waals surface area (Å²) in [4.78, 5) is 24.6. The van der Waals surface area contributed by atoms with Crippen LogP contribution < -0.4 is 15.4 Å². The topological polar surface area (TPSA) is 96.9 Å². The summed E-state index contributed by atoms with van der Waals surface area (Å²) < 4.78 is 49.1. The van der Waals surface area contributed by atoms with Crippen molar-refractivity contribution in [3.8, 4) is 16.9 Å². The molecule has 3 N–H and O–H groups in total. The summed E-state index contributed by atoms with van der Waals surface area (Å²) in [7, 11) is 0. The van der Waals surface area contributed by atoms with Crippen LogP contribution in [0.2, 0.25) is 0 Å². The maximum atomic E-state index is 12.8. The van der Waals surface area contributed by atoms with Gasteiger partial charge in [-0.05, 0) is 66.4 Å². The lowest BCUT2D eigenvalue weighted by Crippen LogP contribution is -2.57. The van der Waals surface area contributed by atoms with Crippen molar-refractivity contribution in [1.82, 2.24) is 5.32 Å². The van der Waals surface area contributed by atoms with Gasteiger partial charge in [-0.2, -0.15) is 13.2 Å². The molecule has 3 aromatic carbocycles. The number of hydrogen-bond donors (Lipinski definition) is 3. The maximum Gasteiger partial charge on any atom is 0.416 e. The van der Waals surface area contributed by atoms with Crippen molar-refractivity contribution in [3.05, 3.63) is 83.9 Å². The number of aliphatic hydroxyl groups is 1. The van der Waals surface area contributed by atoms with E-state index in [0.29, 0.717) is 36.4 Å². The molecular weight excluding hydrogens is 525 g/mol. The molecule has 10 heteroatoms. The van der Waals surface area contributed by atoms with Crippen molar-refractivity contribution < 1.29 is 37.3 Å². The van der Waals surface area contributed by atoms with Gasteiger partial charge in [0.25, 0.3) is 5.91 Å². The lowest BCUT2D eigenvalue weighted by Gasteiger charge is -2.27. The van der Waals surface area contributed by atoms with Crippen LogP contribution in [0.5, 0.6) is 5.75 Å². The molecule has 1 atom stereocenters. The Kier molecular flexibility index (Phi) is 10.6. The first-order valence-electron chi connectivity index (χ1n) is 12.9. The van der Waals surface area contributed by atoms with Crippen LogP contribution in [-0.2, 0) is 22.1 Å². The molecule has 0 fully saturated rings. The van der Waals surface area contributed by atoms with Crippen molar-refractivity contribution in [3.63, 3.8) is 0 Å². The van der Waals surface area contributed by atoms with Crippen LogP contribution in [0.3, 0.4) is 0 Å². The molecule has 2 amide bonds. The molecule has 214 valence electrons. The van der Waals surface area contributed by atoms with E-state index in [1.165, 1.54) is 19.1 Å². The Labute approximate surface area is 231 Å². The maximum absolute atomic E-state index is 12.8. The molecule has 40 heavy (non-hydrogen) atoms. The quantitative estimate of drug-likeness (QED) is 0.230. The predicted molar refractivity (Wildman–Crippen MR) is 146 cm³/mol. The van der Waals surface area contributed by atoms with Gasteiger partial charge in [0.1, 0.15) is 11.3 Å². The van der Waals surface area contributed by atoms with Crippen LogP contribution in [-0.4, -0.2) is 42.5 Å². The van der Waals surface area contributed by atoms with Crippen LogP contribution in [0.4, 0.5) is 23.7 Å². The van der Waals surface area contributed by atoms with E-state index in [9.17, 15) is 27.9 Å². The number of alkyl halides is 3. The zero-order chi connectivity index (χ0) is 29.2. The largest absolute Gasteiger partial charge is 0.493 e. The molecule has 0 saturated carbocycles. The Bertz CT molecular complexity index is 1250. The second-order valence-electron chi connectivity index (χ2n) is 9.45. The molecule has 7 nitrogen and oxygen atoms in total. The monoisotopic (exact) mass is 558 g/mol. The fourth-order valence-electron chi connectivity index (χ4n) is 3.64. The minimum absolute atomic E-state index is 0.223. The number of carbonyl (C=O) groups is 2. The summed E-state index contributed by atoms with van der Waals surface area (Å²) in [6.07, 6.45) is -2.98. The fourth-order valence-corrected chi connectivity index (χ4v) is 3.64. The SMILES string of the molecule is CCCCOC(=O)N[C@@](C)(CO)C(=O)Nc1ccc(OCCc2ccc(-c3ccc(C(F)(F)F)cc3)cc2)cc1. The van der Waals surface area contributed by atoms with Gasteiger partial charge in [-0.15, -0.1) is 0 Å².